The van der Waals surface area contributed by atoms with Crippen molar-refractivity contribution in [3.05, 3.63) is 16.6 Å². The third kappa shape index (κ3) is 3.91. The molecule has 1 unspecified atom stereocenters. The Balaban J connectivity index is 0. The van der Waals surface area contributed by atoms with Crippen molar-refractivity contribution in [1.29, 1.82) is 0 Å². The Bertz CT molecular complexity index is 243. The molecule has 1 atom stereocenters. The number of carbonyl (C=O) groups is 1. The third-order valence-corrected chi connectivity index (χ3v) is 1.83. The SMILES string of the molecule is COC(=O)C(N)c1cscn1.Cl.Cl. The van der Waals surface area contributed by atoms with Crippen molar-refractivity contribution < 1.29 is 9.53 Å². The van der Waals surface area contributed by atoms with Crippen LogP contribution in [0.1, 0.15) is 11.7 Å². The lowest BCUT2D eigenvalue weighted by Crippen LogP contribution is -2.22. The molecule has 0 saturated carbocycles. The van der Waals surface area contributed by atoms with Crippen molar-refractivity contribution in [2.75, 3.05) is 7.11 Å². The maximum absolute atomic E-state index is 10.8. The van der Waals surface area contributed by atoms with Crippen molar-refractivity contribution >= 4 is 42.1 Å². The van der Waals surface area contributed by atoms with Gasteiger partial charge in [-0.1, -0.05) is 0 Å². The predicted octanol–water partition coefficient (Wildman–Crippen LogP) is 1.16. The second-order valence-electron chi connectivity index (χ2n) is 1.91. The zero-order valence-corrected chi connectivity index (χ0v) is 9.25. The minimum atomic E-state index is -0.744. The number of ether oxygens (including phenoxy) is 1. The maximum Gasteiger partial charge on any atom is 0.328 e. The molecule has 13 heavy (non-hydrogen) atoms. The van der Waals surface area contributed by atoms with Crippen LogP contribution in [-0.2, 0) is 9.53 Å². The molecule has 4 nitrogen and oxygen atoms in total. The first-order chi connectivity index (χ1) is 5.25. The number of thiazole rings is 1. The predicted molar refractivity (Wildman–Crippen MR) is 55.6 cm³/mol. The second kappa shape index (κ2) is 7.08. The third-order valence-electron chi connectivity index (χ3n) is 1.23. The molecule has 0 bridgehead atoms. The number of rotatable bonds is 2. The van der Waals surface area contributed by atoms with E-state index in [-0.39, 0.29) is 24.8 Å². The molecule has 1 aromatic heterocycles. The van der Waals surface area contributed by atoms with E-state index in [9.17, 15) is 4.79 Å². The maximum atomic E-state index is 10.8. The lowest BCUT2D eigenvalue weighted by atomic mass is 10.2. The minimum Gasteiger partial charge on any atom is -0.468 e. The van der Waals surface area contributed by atoms with Crippen molar-refractivity contribution in [1.82, 2.24) is 4.98 Å². The van der Waals surface area contributed by atoms with E-state index >= 15 is 0 Å². The summed E-state index contributed by atoms with van der Waals surface area (Å²) in [6.45, 7) is 0. The summed E-state index contributed by atoms with van der Waals surface area (Å²) in [7, 11) is 1.30. The highest BCUT2D eigenvalue weighted by Crippen LogP contribution is 2.10. The van der Waals surface area contributed by atoms with Crippen LogP contribution >= 0.6 is 36.2 Å². The lowest BCUT2D eigenvalue weighted by molar-refractivity contribution is -0.142. The second-order valence-corrected chi connectivity index (χ2v) is 2.63. The standard InChI is InChI=1S/C6H8N2O2S.2ClH/c1-10-6(9)5(7)4-2-11-3-8-4;;/h2-3,5H,7H2,1H3;2*1H. The van der Waals surface area contributed by atoms with E-state index in [2.05, 4.69) is 9.72 Å². The van der Waals surface area contributed by atoms with Crippen LogP contribution in [0.4, 0.5) is 0 Å². The Morgan fingerprint density at radius 1 is 1.69 bits per heavy atom. The van der Waals surface area contributed by atoms with Gasteiger partial charge in [-0.2, -0.15) is 0 Å². The smallest absolute Gasteiger partial charge is 0.328 e. The molecular formula is C6H10Cl2N2O2S. The normalized spacial score (nSPS) is 10.6. The molecule has 0 aliphatic rings. The molecule has 0 saturated heterocycles. The van der Waals surface area contributed by atoms with Crippen LogP contribution in [0.15, 0.2) is 10.9 Å². The fraction of sp³-hybridized carbons (Fsp3) is 0.333. The highest BCUT2D eigenvalue weighted by molar-refractivity contribution is 7.07. The summed E-state index contributed by atoms with van der Waals surface area (Å²) in [5.74, 6) is -0.462. The Kier molecular flexibility index (Phi) is 8.24. The number of carbonyl (C=O) groups excluding carboxylic acids is 1. The highest BCUT2D eigenvalue weighted by Gasteiger charge is 2.17. The van der Waals surface area contributed by atoms with Gasteiger partial charge < -0.3 is 10.5 Å². The van der Waals surface area contributed by atoms with Crippen LogP contribution in [0, 0.1) is 0 Å². The first kappa shape index (κ1) is 15.1. The lowest BCUT2D eigenvalue weighted by Gasteiger charge is -2.04. The number of aromatic nitrogens is 1. The van der Waals surface area contributed by atoms with Gasteiger partial charge in [0.05, 0.1) is 18.3 Å². The van der Waals surface area contributed by atoms with Crippen LogP contribution in [0.5, 0.6) is 0 Å². The fourth-order valence-corrected chi connectivity index (χ4v) is 1.21. The van der Waals surface area contributed by atoms with Gasteiger partial charge in [0.25, 0.3) is 0 Å². The van der Waals surface area contributed by atoms with Crippen molar-refractivity contribution in [2.45, 2.75) is 6.04 Å². The highest BCUT2D eigenvalue weighted by atomic mass is 35.5. The summed E-state index contributed by atoms with van der Waals surface area (Å²) in [6, 6.07) is -0.744. The molecule has 0 radical (unpaired) electrons. The first-order valence-electron chi connectivity index (χ1n) is 2.97. The zero-order valence-electron chi connectivity index (χ0n) is 6.80. The van der Waals surface area contributed by atoms with E-state index in [1.165, 1.54) is 18.4 Å². The average molecular weight is 245 g/mol. The van der Waals surface area contributed by atoms with Gasteiger partial charge in [0.2, 0.25) is 0 Å². The molecule has 1 rings (SSSR count). The molecule has 0 aliphatic carbocycles. The molecule has 76 valence electrons. The van der Waals surface area contributed by atoms with Crippen LogP contribution in [0.3, 0.4) is 0 Å². The summed E-state index contributed by atoms with van der Waals surface area (Å²) >= 11 is 1.40. The van der Waals surface area contributed by atoms with Crippen LogP contribution in [-0.4, -0.2) is 18.1 Å². The van der Waals surface area contributed by atoms with E-state index in [4.69, 9.17) is 5.73 Å². The Hall–Kier alpha value is -0.360. The molecule has 2 N–H and O–H groups in total. The molecule has 1 aromatic rings. The Morgan fingerprint density at radius 2 is 2.31 bits per heavy atom. The summed E-state index contributed by atoms with van der Waals surface area (Å²) in [4.78, 5) is 14.7. The van der Waals surface area contributed by atoms with Gasteiger partial charge in [0, 0.05) is 5.38 Å². The first-order valence-corrected chi connectivity index (χ1v) is 3.91. The van der Waals surface area contributed by atoms with Crippen LogP contribution in [0.2, 0.25) is 0 Å². The monoisotopic (exact) mass is 244 g/mol. The number of hydrogen-bond acceptors (Lipinski definition) is 5. The molecule has 0 spiro atoms. The van der Waals surface area contributed by atoms with Gasteiger partial charge in [-0.15, -0.1) is 36.2 Å². The molecule has 0 aliphatic heterocycles. The van der Waals surface area contributed by atoms with E-state index < -0.39 is 12.0 Å². The van der Waals surface area contributed by atoms with Crippen LogP contribution in [0.25, 0.3) is 0 Å². The molecule has 0 amide bonds. The quantitative estimate of drug-likeness (QED) is 0.794. The van der Waals surface area contributed by atoms with Crippen LogP contribution < -0.4 is 5.73 Å². The number of halogens is 2. The van der Waals surface area contributed by atoms with Gasteiger partial charge in [-0.05, 0) is 0 Å². The molecule has 0 fully saturated rings. The molecule has 7 heteroatoms. The number of hydrogen-bond donors (Lipinski definition) is 1. The number of methoxy groups -OCH3 is 1. The molecular weight excluding hydrogens is 235 g/mol. The van der Waals surface area contributed by atoms with Crippen molar-refractivity contribution in [3.8, 4) is 0 Å². The van der Waals surface area contributed by atoms with Gasteiger partial charge in [0.1, 0.15) is 6.04 Å². The number of nitrogens with zero attached hydrogens (tertiary/aromatic N) is 1. The summed E-state index contributed by atoms with van der Waals surface area (Å²) in [5, 5.41) is 1.72. The molecule has 1 heterocycles. The van der Waals surface area contributed by atoms with E-state index in [1.54, 1.807) is 10.9 Å². The van der Waals surface area contributed by atoms with Gasteiger partial charge in [-0.25, -0.2) is 9.78 Å². The Morgan fingerprint density at radius 3 is 2.69 bits per heavy atom. The number of esters is 1. The summed E-state index contributed by atoms with van der Waals surface area (Å²) < 4.78 is 4.44. The molecule has 0 aromatic carbocycles. The summed E-state index contributed by atoms with van der Waals surface area (Å²) in [5.41, 5.74) is 7.64. The van der Waals surface area contributed by atoms with E-state index in [0.717, 1.165) is 0 Å². The number of nitrogens with two attached hydrogens (primary N) is 1. The minimum absolute atomic E-state index is 0. The van der Waals surface area contributed by atoms with E-state index in [0.29, 0.717) is 5.69 Å². The fourth-order valence-electron chi connectivity index (χ4n) is 0.623. The van der Waals surface area contributed by atoms with Gasteiger partial charge in [0.15, 0.2) is 0 Å². The van der Waals surface area contributed by atoms with Crippen molar-refractivity contribution in [2.24, 2.45) is 5.73 Å². The zero-order chi connectivity index (χ0) is 8.27. The largest absolute Gasteiger partial charge is 0.468 e. The van der Waals surface area contributed by atoms with E-state index in [1.807, 2.05) is 0 Å². The summed E-state index contributed by atoms with van der Waals surface area (Å²) in [6.07, 6.45) is 0. The topological polar surface area (TPSA) is 65.2 Å². The van der Waals surface area contributed by atoms with Gasteiger partial charge >= 0.3 is 5.97 Å². The Labute approximate surface area is 92.3 Å². The van der Waals surface area contributed by atoms with Gasteiger partial charge in [-0.3, -0.25) is 0 Å². The average Bonchev–Trinajstić information content (AvgIpc) is 2.53. The van der Waals surface area contributed by atoms with Crippen molar-refractivity contribution in [3.63, 3.8) is 0 Å².